The molecule has 16 heavy (non-hydrogen) atoms. The third-order valence-corrected chi connectivity index (χ3v) is 2.62. The summed E-state index contributed by atoms with van der Waals surface area (Å²) in [5.74, 6) is 0. The second-order valence-electron chi connectivity index (χ2n) is 3.39. The molecule has 4 nitrogen and oxygen atoms in total. The van der Waals surface area contributed by atoms with Crippen molar-refractivity contribution in [1.29, 1.82) is 0 Å². The summed E-state index contributed by atoms with van der Waals surface area (Å²) in [6.07, 6.45) is 0.759. The minimum atomic E-state index is -0.0935. The lowest BCUT2D eigenvalue weighted by atomic mass is 10.2. The van der Waals surface area contributed by atoms with Crippen LogP contribution in [0.5, 0.6) is 0 Å². The van der Waals surface area contributed by atoms with E-state index >= 15 is 0 Å². The normalized spacial score (nSPS) is 10.7. The molecule has 0 saturated heterocycles. The van der Waals surface area contributed by atoms with Crippen LogP contribution in [-0.2, 0) is 13.0 Å². The number of nitrogens with zero attached hydrogens (tertiary/aromatic N) is 3. The number of aliphatic hydroxyl groups excluding tert-OH is 1. The zero-order valence-electron chi connectivity index (χ0n) is 8.89. The molecule has 0 spiro atoms. The third kappa shape index (κ3) is 1.94. The molecule has 0 fully saturated rings. The number of aromatic nitrogens is 3. The lowest BCUT2D eigenvalue weighted by molar-refractivity contribution is 0.275. The fourth-order valence-corrected chi connectivity index (χ4v) is 1.81. The molecule has 0 aliphatic rings. The van der Waals surface area contributed by atoms with E-state index in [0.29, 0.717) is 10.7 Å². The molecular formula is C11H12ClN3O. The molecule has 1 N–H and O–H groups in total. The van der Waals surface area contributed by atoms with Gasteiger partial charge in [-0.1, -0.05) is 29.8 Å². The first-order valence-corrected chi connectivity index (χ1v) is 5.44. The summed E-state index contributed by atoms with van der Waals surface area (Å²) in [5.41, 5.74) is 2.38. The summed E-state index contributed by atoms with van der Waals surface area (Å²) in [6.45, 7) is 1.91. The fraction of sp³-hybridized carbons (Fsp3) is 0.273. The van der Waals surface area contributed by atoms with E-state index in [0.717, 1.165) is 17.8 Å². The van der Waals surface area contributed by atoms with Gasteiger partial charge in [-0.25, -0.2) is 4.68 Å². The van der Waals surface area contributed by atoms with Crippen LogP contribution in [0.1, 0.15) is 18.3 Å². The van der Waals surface area contributed by atoms with Gasteiger partial charge in [-0.2, -0.15) is 0 Å². The van der Waals surface area contributed by atoms with Gasteiger partial charge >= 0.3 is 0 Å². The number of rotatable bonds is 3. The smallest absolute Gasteiger partial charge is 0.112 e. The van der Waals surface area contributed by atoms with E-state index in [-0.39, 0.29) is 6.61 Å². The Hall–Kier alpha value is -1.39. The van der Waals surface area contributed by atoms with Crippen molar-refractivity contribution in [2.45, 2.75) is 20.0 Å². The highest BCUT2D eigenvalue weighted by Crippen LogP contribution is 2.17. The molecule has 2 rings (SSSR count). The predicted molar refractivity (Wildman–Crippen MR) is 61.7 cm³/mol. The molecule has 0 unspecified atom stereocenters. The van der Waals surface area contributed by atoms with Crippen molar-refractivity contribution in [3.05, 3.63) is 40.7 Å². The van der Waals surface area contributed by atoms with E-state index in [4.69, 9.17) is 16.7 Å². The number of aliphatic hydroxyl groups is 1. The van der Waals surface area contributed by atoms with Crippen LogP contribution in [0.3, 0.4) is 0 Å². The van der Waals surface area contributed by atoms with Crippen molar-refractivity contribution >= 4 is 11.6 Å². The summed E-state index contributed by atoms with van der Waals surface area (Å²) in [6, 6.07) is 7.38. The summed E-state index contributed by atoms with van der Waals surface area (Å²) in [5, 5.41) is 17.7. The van der Waals surface area contributed by atoms with E-state index in [1.165, 1.54) is 0 Å². The van der Waals surface area contributed by atoms with Crippen molar-refractivity contribution in [3.8, 4) is 5.69 Å². The van der Waals surface area contributed by atoms with Crippen molar-refractivity contribution in [2.75, 3.05) is 0 Å². The van der Waals surface area contributed by atoms with Crippen LogP contribution in [0, 0.1) is 0 Å². The van der Waals surface area contributed by atoms with Gasteiger partial charge in [-0.3, -0.25) is 0 Å². The van der Waals surface area contributed by atoms with Crippen LogP contribution in [0.2, 0.25) is 5.02 Å². The summed E-state index contributed by atoms with van der Waals surface area (Å²) in [4.78, 5) is 0. The highest BCUT2D eigenvalue weighted by molar-refractivity contribution is 6.30. The van der Waals surface area contributed by atoms with Gasteiger partial charge in [0.15, 0.2) is 0 Å². The number of hydrogen-bond acceptors (Lipinski definition) is 3. The Morgan fingerprint density at radius 2 is 2.25 bits per heavy atom. The standard InChI is InChI=1S/C11H12ClN3O/c1-2-11-10(7-16)13-14-15(11)9-5-3-4-8(12)6-9/h3-6,16H,2,7H2,1H3. The van der Waals surface area contributed by atoms with E-state index in [2.05, 4.69) is 10.3 Å². The van der Waals surface area contributed by atoms with Gasteiger partial charge in [0.05, 0.1) is 18.0 Å². The summed E-state index contributed by atoms with van der Waals surface area (Å²) < 4.78 is 1.71. The Kier molecular flexibility index (Phi) is 3.22. The minimum Gasteiger partial charge on any atom is -0.390 e. The Balaban J connectivity index is 2.51. The molecule has 2 aromatic rings. The number of hydrogen-bond donors (Lipinski definition) is 1. The molecule has 0 bridgehead atoms. The van der Waals surface area contributed by atoms with Crippen molar-refractivity contribution in [2.24, 2.45) is 0 Å². The zero-order valence-corrected chi connectivity index (χ0v) is 9.65. The molecule has 0 saturated carbocycles. The first-order valence-electron chi connectivity index (χ1n) is 5.06. The van der Waals surface area contributed by atoms with Gasteiger partial charge in [-0.05, 0) is 24.6 Å². The van der Waals surface area contributed by atoms with Crippen LogP contribution >= 0.6 is 11.6 Å². The van der Waals surface area contributed by atoms with Gasteiger partial charge in [0, 0.05) is 5.02 Å². The lowest BCUT2D eigenvalue weighted by Gasteiger charge is -2.05. The van der Waals surface area contributed by atoms with E-state index in [1.807, 2.05) is 25.1 Å². The molecule has 1 aromatic carbocycles. The number of halogens is 1. The van der Waals surface area contributed by atoms with Crippen molar-refractivity contribution in [3.63, 3.8) is 0 Å². The highest BCUT2D eigenvalue weighted by atomic mass is 35.5. The maximum absolute atomic E-state index is 9.12. The van der Waals surface area contributed by atoms with Crippen molar-refractivity contribution in [1.82, 2.24) is 15.0 Å². The van der Waals surface area contributed by atoms with E-state index in [9.17, 15) is 0 Å². The Labute approximate surface area is 98.5 Å². The largest absolute Gasteiger partial charge is 0.390 e. The quantitative estimate of drug-likeness (QED) is 0.888. The molecule has 5 heteroatoms. The van der Waals surface area contributed by atoms with Gasteiger partial charge in [0.25, 0.3) is 0 Å². The molecule has 0 aliphatic carbocycles. The second-order valence-corrected chi connectivity index (χ2v) is 3.82. The van der Waals surface area contributed by atoms with Gasteiger partial charge in [-0.15, -0.1) is 5.10 Å². The van der Waals surface area contributed by atoms with Gasteiger partial charge in [0.1, 0.15) is 5.69 Å². The summed E-state index contributed by atoms with van der Waals surface area (Å²) in [7, 11) is 0. The Morgan fingerprint density at radius 1 is 1.44 bits per heavy atom. The Morgan fingerprint density at radius 3 is 2.88 bits per heavy atom. The molecule has 1 aromatic heterocycles. The second kappa shape index (κ2) is 4.63. The molecule has 0 aliphatic heterocycles. The SMILES string of the molecule is CCc1c(CO)nnn1-c1cccc(Cl)c1. The minimum absolute atomic E-state index is 0.0935. The molecule has 84 valence electrons. The highest BCUT2D eigenvalue weighted by Gasteiger charge is 2.11. The molecule has 1 heterocycles. The lowest BCUT2D eigenvalue weighted by Crippen LogP contribution is -2.02. The van der Waals surface area contributed by atoms with Gasteiger partial charge < -0.3 is 5.11 Å². The summed E-state index contributed by atoms with van der Waals surface area (Å²) >= 11 is 5.92. The van der Waals surface area contributed by atoms with Crippen LogP contribution < -0.4 is 0 Å². The Bertz CT molecular complexity index is 496. The monoisotopic (exact) mass is 237 g/mol. The molecule has 0 atom stereocenters. The van der Waals surface area contributed by atoms with Crippen LogP contribution in [0.15, 0.2) is 24.3 Å². The third-order valence-electron chi connectivity index (χ3n) is 2.38. The average molecular weight is 238 g/mol. The van der Waals surface area contributed by atoms with Crippen LogP contribution in [0.25, 0.3) is 5.69 Å². The van der Waals surface area contributed by atoms with E-state index < -0.39 is 0 Å². The molecular weight excluding hydrogens is 226 g/mol. The van der Waals surface area contributed by atoms with Crippen LogP contribution in [0.4, 0.5) is 0 Å². The molecule has 0 amide bonds. The number of benzene rings is 1. The molecule has 0 radical (unpaired) electrons. The first kappa shape index (κ1) is 11.1. The zero-order chi connectivity index (χ0) is 11.5. The predicted octanol–water partition coefficient (Wildman–Crippen LogP) is 1.98. The topological polar surface area (TPSA) is 50.9 Å². The maximum atomic E-state index is 9.12. The fourth-order valence-electron chi connectivity index (χ4n) is 1.62. The van der Waals surface area contributed by atoms with Crippen molar-refractivity contribution < 1.29 is 5.11 Å². The average Bonchev–Trinajstić information content (AvgIpc) is 2.71. The van der Waals surface area contributed by atoms with Crippen LogP contribution in [-0.4, -0.2) is 20.1 Å². The van der Waals surface area contributed by atoms with Gasteiger partial charge in [0.2, 0.25) is 0 Å². The van der Waals surface area contributed by atoms with E-state index in [1.54, 1.807) is 10.7 Å². The maximum Gasteiger partial charge on any atom is 0.112 e. The first-order chi connectivity index (χ1) is 7.76.